The Kier molecular flexibility index (Phi) is 4.06. The fraction of sp³-hybridized carbons (Fsp3) is 0.188. The van der Waals surface area contributed by atoms with Crippen molar-refractivity contribution >= 4 is 21.1 Å². The molecule has 0 aliphatic carbocycles. The molecule has 0 amide bonds. The molecule has 23 heavy (non-hydrogen) atoms. The van der Waals surface area contributed by atoms with Gasteiger partial charge in [0.1, 0.15) is 11.3 Å². The van der Waals surface area contributed by atoms with Gasteiger partial charge in [0.05, 0.1) is 4.90 Å². The second-order valence-corrected chi connectivity index (χ2v) is 7.27. The molecule has 0 fully saturated rings. The normalized spacial score (nSPS) is 12.0. The van der Waals surface area contributed by atoms with Gasteiger partial charge < -0.3 is 9.15 Å². The van der Waals surface area contributed by atoms with E-state index in [0.717, 1.165) is 5.52 Å². The van der Waals surface area contributed by atoms with Crippen molar-refractivity contribution in [1.82, 2.24) is 9.29 Å². The predicted molar refractivity (Wildman–Crippen MR) is 85.7 cm³/mol. The van der Waals surface area contributed by atoms with Gasteiger partial charge in [-0.2, -0.15) is 0 Å². The molecule has 3 rings (SSSR count). The highest BCUT2D eigenvalue weighted by atomic mass is 32.2. The van der Waals surface area contributed by atoms with Gasteiger partial charge in [0.15, 0.2) is 12.2 Å². The van der Waals surface area contributed by atoms with Gasteiger partial charge in [-0.25, -0.2) is 17.7 Å². The van der Waals surface area contributed by atoms with E-state index in [1.54, 1.807) is 12.1 Å². The highest BCUT2D eigenvalue weighted by Crippen LogP contribution is 2.20. The fourth-order valence-electron chi connectivity index (χ4n) is 2.05. The summed E-state index contributed by atoms with van der Waals surface area (Å²) < 4.78 is 36.3. The molecule has 0 saturated carbocycles. The first kappa shape index (κ1) is 15.5. The van der Waals surface area contributed by atoms with Crippen molar-refractivity contribution in [2.75, 3.05) is 14.1 Å². The van der Waals surface area contributed by atoms with E-state index in [-0.39, 0.29) is 11.5 Å². The molecule has 0 unspecified atom stereocenters. The topological polar surface area (TPSA) is 72.6 Å². The van der Waals surface area contributed by atoms with E-state index in [0.29, 0.717) is 17.2 Å². The van der Waals surface area contributed by atoms with Gasteiger partial charge in [0.2, 0.25) is 15.9 Å². The Balaban J connectivity index is 1.71. The molecule has 0 atom stereocenters. The van der Waals surface area contributed by atoms with Gasteiger partial charge >= 0.3 is 0 Å². The van der Waals surface area contributed by atoms with Crippen LogP contribution in [0.4, 0.5) is 0 Å². The lowest BCUT2D eigenvalue weighted by atomic mass is 10.3. The van der Waals surface area contributed by atoms with Gasteiger partial charge in [0, 0.05) is 14.1 Å². The van der Waals surface area contributed by atoms with Crippen molar-refractivity contribution in [2.24, 2.45) is 0 Å². The quantitative estimate of drug-likeness (QED) is 0.718. The first-order valence-corrected chi connectivity index (χ1v) is 8.41. The van der Waals surface area contributed by atoms with Crippen molar-refractivity contribution in [1.29, 1.82) is 0 Å². The maximum Gasteiger partial charge on any atom is 0.242 e. The first-order chi connectivity index (χ1) is 11.0. The molecule has 6 nitrogen and oxygen atoms in total. The van der Waals surface area contributed by atoms with Gasteiger partial charge in [-0.05, 0) is 36.4 Å². The zero-order valence-corrected chi connectivity index (χ0v) is 13.6. The number of sulfonamides is 1. The smallest absolute Gasteiger partial charge is 0.242 e. The van der Waals surface area contributed by atoms with E-state index in [9.17, 15) is 8.42 Å². The van der Waals surface area contributed by atoms with Crippen LogP contribution in [0.3, 0.4) is 0 Å². The maximum absolute atomic E-state index is 12.0. The Morgan fingerprint density at radius 3 is 2.43 bits per heavy atom. The number of oxazole rings is 1. The summed E-state index contributed by atoms with van der Waals surface area (Å²) in [6.45, 7) is 0.175. The van der Waals surface area contributed by atoms with Crippen LogP contribution in [0.5, 0.6) is 5.75 Å². The Labute approximate surface area is 134 Å². The summed E-state index contributed by atoms with van der Waals surface area (Å²) in [5, 5.41) is 0. The third-order valence-corrected chi connectivity index (χ3v) is 5.13. The fourth-order valence-corrected chi connectivity index (χ4v) is 2.95. The Hall–Kier alpha value is -2.38. The monoisotopic (exact) mass is 332 g/mol. The van der Waals surface area contributed by atoms with Crippen LogP contribution in [-0.4, -0.2) is 31.8 Å². The van der Waals surface area contributed by atoms with Gasteiger partial charge in [-0.3, -0.25) is 0 Å². The summed E-state index contributed by atoms with van der Waals surface area (Å²) in [6, 6.07) is 13.7. The Morgan fingerprint density at radius 2 is 1.78 bits per heavy atom. The lowest BCUT2D eigenvalue weighted by Gasteiger charge is -2.11. The van der Waals surface area contributed by atoms with E-state index in [1.807, 2.05) is 24.3 Å². The molecule has 0 spiro atoms. The van der Waals surface area contributed by atoms with Crippen LogP contribution in [0.15, 0.2) is 57.8 Å². The highest BCUT2D eigenvalue weighted by molar-refractivity contribution is 7.89. The molecule has 2 aromatic carbocycles. The van der Waals surface area contributed by atoms with Crippen LogP contribution in [0.2, 0.25) is 0 Å². The van der Waals surface area contributed by atoms with E-state index in [1.165, 1.54) is 30.5 Å². The molecular formula is C16H16N2O4S. The number of para-hydroxylation sites is 2. The molecular weight excluding hydrogens is 316 g/mol. The summed E-state index contributed by atoms with van der Waals surface area (Å²) in [4.78, 5) is 4.53. The van der Waals surface area contributed by atoms with Crippen LogP contribution in [0, 0.1) is 0 Å². The summed E-state index contributed by atoms with van der Waals surface area (Å²) in [7, 11) is -0.445. The largest absolute Gasteiger partial charge is 0.484 e. The number of aromatic nitrogens is 1. The molecule has 0 saturated heterocycles. The van der Waals surface area contributed by atoms with Crippen LogP contribution < -0.4 is 4.74 Å². The number of nitrogens with zero attached hydrogens (tertiary/aromatic N) is 2. The molecule has 0 aliphatic heterocycles. The molecule has 0 radical (unpaired) electrons. The predicted octanol–water partition coefficient (Wildman–Crippen LogP) is 2.66. The second-order valence-electron chi connectivity index (χ2n) is 5.12. The second kappa shape index (κ2) is 6.02. The SMILES string of the molecule is CN(C)S(=O)(=O)c1ccc(OCc2nc3ccccc3o2)cc1. The van der Waals surface area contributed by atoms with Gasteiger partial charge in [-0.15, -0.1) is 0 Å². The van der Waals surface area contributed by atoms with Crippen molar-refractivity contribution in [3.05, 3.63) is 54.4 Å². The molecule has 1 aromatic heterocycles. The van der Waals surface area contributed by atoms with Crippen LogP contribution in [-0.2, 0) is 16.6 Å². The van der Waals surface area contributed by atoms with Crippen LogP contribution >= 0.6 is 0 Å². The summed E-state index contributed by atoms with van der Waals surface area (Å²) in [5.41, 5.74) is 1.48. The number of hydrogen-bond donors (Lipinski definition) is 0. The third-order valence-electron chi connectivity index (χ3n) is 3.30. The summed E-state index contributed by atoms with van der Waals surface area (Å²) >= 11 is 0. The molecule has 1 heterocycles. The zero-order valence-electron chi connectivity index (χ0n) is 12.8. The molecule has 3 aromatic rings. The van der Waals surface area contributed by atoms with Crippen molar-refractivity contribution in [3.8, 4) is 5.75 Å². The highest BCUT2D eigenvalue weighted by Gasteiger charge is 2.16. The summed E-state index contributed by atoms with van der Waals surface area (Å²) in [5.74, 6) is 1.01. The standard InChI is InChI=1S/C16H16N2O4S/c1-18(2)23(19,20)13-9-7-12(8-10-13)21-11-16-17-14-5-3-4-6-15(14)22-16/h3-10H,11H2,1-2H3. The minimum Gasteiger partial charge on any atom is -0.484 e. The van der Waals surface area contributed by atoms with E-state index < -0.39 is 10.0 Å². The average Bonchev–Trinajstić information content (AvgIpc) is 2.96. The number of fused-ring (bicyclic) bond motifs is 1. The minimum atomic E-state index is -3.43. The lowest BCUT2D eigenvalue weighted by Crippen LogP contribution is -2.22. The van der Waals surface area contributed by atoms with Crippen molar-refractivity contribution < 1.29 is 17.6 Å². The third kappa shape index (κ3) is 3.20. The van der Waals surface area contributed by atoms with Crippen molar-refractivity contribution in [2.45, 2.75) is 11.5 Å². The van der Waals surface area contributed by atoms with Crippen molar-refractivity contribution in [3.63, 3.8) is 0 Å². The maximum atomic E-state index is 12.0. The number of ether oxygens (including phenoxy) is 1. The van der Waals surface area contributed by atoms with Gasteiger partial charge in [-0.1, -0.05) is 12.1 Å². The van der Waals surface area contributed by atoms with Gasteiger partial charge in [0.25, 0.3) is 0 Å². The van der Waals surface area contributed by atoms with E-state index >= 15 is 0 Å². The Bertz CT molecular complexity index is 882. The Morgan fingerprint density at radius 1 is 1.09 bits per heavy atom. The minimum absolute atomic E-state index is 0.175. The van der Waals surface area contributed by atoms with E-state index in [4.69, 9.17) is 9.15 Å². The van der Waals surface area contributed by atoms with E-state index in [2.05, 4.69) is 4.98 Å². The molecule has 7 heteroatoms. The van der Waals surface area contributed by atoms with Crippen LogP contribution in [0.25, 0.3) is 11.1 Å². The molecule has 0 bridgehead atoms. The van der Waals surface area contributed by atoms with Crippen LogP contribution in [0.1, 0.15) is 5.89 Å². The zero-order chi connectivity index (χ0) is 16.4. The molecule has 0 N–H and O–H groups in total. The molecule has 0 aliphatic rings. The lowest BCUT2D eigenvalue weighted by molar-refractivity contribution is 0.267. The number of rotatable bonds is 5. The number of hydrogen-bond acceptors (Lipinski definition) is 5. The average molecular weight is 332 g/mol. The summed E-state index contributed by atoms with van der Waals surface area (Å²) in [6.07, 6.45) is 0. The number of benzene rings is 2. The first-order valence-electron chi connectivity index (χ1n) is 6.96. The molecule has 120 valence electrons.